The molecule has 0 radical (unpaired) electrons. The van der Waals surface area contributed by atoms with Crippen LogP contribution >= 0.6 is 0 Å². The second-order valence-electron chi connectivity index (χ2n) is 4.20. The molecule has 0 spiro atoms. The number of aromatic nitrogens is 2. The second-order valence-corrected chi connectivity index (χ2v) is 4.20. The first-order valence-electron chi connectivity index (χ1n) is 6.14. The van der Waals surface area contributed by atoms with E-state index in [9.17, 15) is 4.39 Å². The second kappa shape index (κ2) is 6.37. The Hall–Kier alpha value is -1.39. The minimum absolute atomic E-state index is 0.117. The molecule has 0 bridgehead atoms. The summed E-state index contributed by atoms with van der Waals surface area (Å²) in [4.78, 5) is 9.63. The number of halogens is 1. The van der Waals surface area contributed by atoms with Crippen LogP contribution in [0.15, 0.2) is 6.20 Å². The van der Waals surface area contributed by atoms with E-state index in [1.54, 1.807) is 0 Å². The molecule has 96 valence electrons. The Balaban J connectivity index is 2.98. The monoisotopic (exact) mass is 240 g/mol. The molecule has 1 aromatic rings. The highest BCUT2D eigenvalue weighted by Crippen LogP contribution is 2.20. The molecule has 0 aliphatic carbocycles. The van der Waals surface area contributed by atoms with Gasteiger partial charge in [0.2, 0.25) is 5.95 Å². The van der Waals surface area contributed by atoms with Crippen molar-refractivity contribution >= 4 is 11.8 Å². The average Bonchev–Trinajstić information content (AvgIpc) is 2.33. The molecule has 1 heterocycles. The van der Waals surface area contributed by atoms with Crippen molar-refractivity contribution in [2.24, 2.45) is 0 Å². The Kier molecular flexibility index (Phi) is 5.12. The highest BCUT2D eigenvalue weighted by Gasteiger charge is 2.18. The highest BCUT2D eigenvalue weighted by atomic mass is 19.1. The summed E-state index contributed by atoms with van der Waals surface area (Å²) in [6, 6.07) is 0.241. The number of nitrogens with two attached hydrogens (primary N) is 1. The van der Waals surface area contributed by atoms with Gasteiger partial charge in [0.05, 0.1) is 6.20 Å². The largest absolute Gasteiger partial charge is 0.368 e. The molecule has 0 amide bonds. The summed E-state index contributed by atoms with van der Waals surface area (Å²) in [6.45, 7) is 7.04. The standard InChI is InChI=1S/C12H21FN4/c1-4-6-7-17(9(3)5-2)11-10(13)8-15-12(14)16-11/h8-9H,4-7H2,1-3H3,(H2,14,15,16). The first-order valence-corrected chi connectivity index (χ1v) is 6.14. The SMILES string of the molecule is CCCCN(c1nc(N)ncc1F)C(C)CC. The zero-order valence-corrected chi connectivity index (χ0v) is 10.8. The summed E-state index contributed by atoms with van der Waals surface area (Å²) in [5, 5.41) is 0. The third-order valence-corrected chi connectivity index (χ3v) is 2.89. The minimum Gasteiger partial charge on any atom is -0.368 e. The summed E-state index contributed by atoms with van der Waals surface area (Å²) in [5.74, 6) is 0.0297. The Morgan fingerprint density at radius 1 is 1.47 bits per heavy atom. The van der Waals surface area contributed by atoms with Crippen LogP contribution in [0.25, 0.3) is 0 Å². The third kappa shape index (κ3) is 3.54. The molecule has 1 atom stereocenters. The lowest BCUT2D eigenvalue weighted by Gasteiger charge is -2.29. The van der Waals surface area contributed by atoms with Gasteiger partial charge >= 0.3 is 0 Å². The van der Waals surface area contributed by atoms with Gasteiger partial charge in [-0.05, 0) is 19.8 Å². The van der Waals surface area contributed by atoms with E-state index in [1.807, 2.05) is 4.90 Å². The number of hydrogen-bond acceptors (Lipinski definition) is 4. The van der Waals surface area contributed by atoms with E-state index in [1.165, 1.54) is 0 Å². The number of nitrogen functional groups attached to an aromatic ring is 1. The van der Waals surface area contributed by atoms with Crippen LogP contribution in [0.3, 0.4) is 0 Å². The fourth-order valence-electron chi connectivity index (χ4n) is 1.66. The van der Waals surface area contributed by atoms with Crippen molar-refractivity contribution in [2.45, 2.75) is 46.1 Å². The van der Waals surface area contributed by atoms with Crippen LogP contribution in [0, 0.1) is 5.82 Å². The Morgan fingerprint density at radius 3 is 2.76 bits per heavy atom. The van der Waals surface area contributed by atoms with Gasteiger partial charge in [0.15, 0.2) is 11.6 Å². The molecule has 0 aromatic carbocycles. The third-order valence-electron chi connectivity index (χ3n) is 2.89. The van der Waals surface area contributed by atoms with Crippen LogP contribution in [0.1, 0.15) is 40.0 Å². The number of hydrogen-bond donors (Lipinski definition) is 1. The van der Waals surface area contributed by atoms with Gasteiger partial charge in [-0.25, -0.2) is 9.37 Å². The number of nitrogens with zero attached hydrogens (tertiary/aromatic N) is 3. The summed E-state index contributed by atoms with van der Waals surface area (Å²) in [7, 11) is 0. The number of unbranched alkanes of at least 4 members (excludes halogenated alkanes) is 1. The molecular weight excluding hydrogens is 219 g/mol. The van der Waals surface area contributed by atoms with E-state index in [0.717, 1.165) is 32.0 Å². The van der Waals surface area contributed by atoms with Crippen LogP contribution < -0.4 is 10.6 Å². The number of anilines is 2. The summed E-state index contributed by atoms with van der Waals surface area (Å²) in [6.07, 6.45) is 4.15. The van der Waals surface area contributed by atoms with Crippen molar-refractivity contribution in [3.63, 3.8) is 0 Å². The van der Waals surface area contributed by atoms with E-state index in [4.69, 9.17) is 5.73 Å². The van der Waals surface area contributed by atoms with Crippen molar-refractivity contribution in [3.05, 3.63) is 12.0 Å². The molecule has 1 aromatic heterocycles. The van der Waals surface area contributed by atoms with Crippen LogP contribution in [0.5, 0.6) is 0 Å². The molecule has 1 unspecified atom stereocenters. The summed E-state index contributed by atoms with van der Waals surface area (Å²) < 4.78 is 13.7. The Labute approximate surface area is 102 Å². The van der Waals surface area contributed by atoms with Crippen molar-refractivity contribution in [3.8, 4) is 0 Å². The molecule has 0 fully saturated rings. The lowest BCUT2D eigenvalue weighted by molar-refractivity contribution is 0.552. The van der Waals surface area contributed by atoms with E-state index in [-0.39, 0.29) is 12.0 Å². The normalized spacial score (nSPS) is 12.5. The lowest BCUT2D eigenvalue weighted by Crippen LogP contribution is -2.35. The molecule has 1 rings (SSSR count). The molecule has 4 nitrogen and oxygen atoms in total. The first-order chi connectivity index (χ1) is 8.10. The molecule has 17 heavy (non-hydrogen) atoms. The van der Waals surface area contributed by atoms with Crippen molar-refractivity contribution < 1.29 is 4.39 Å². The molecule has 0 aliphatic heterocycles. The zero-order chi connectivity index (χ0) is 12.8. The predicted octanol–water partition coefficient (Wildman–Crippen LogP) is 2.60. The van der Waals surface area contributed by atoms with Gasteiger partial charge in [-0.3, -0.25) is 0 Å². The van der Waals surface area contributed by atoms with Crippen molar-refractivity contribution in [1.82, 2.24) is 9.97 Å². The van der Waals surface area contributed by atoms with Gasteiger partial charge in [0, 0.05) is 12.6 Å². The van der Waals surface area contributed by atoms with Crippen LogP contribution in [-0.2, 0) is 0 Å². The molecule has 0 saturated heterocycles. The van der Waals surface area contributed by atoms with E-state index >= 15 is 0 Å². The first kappa shape index (κ1) is 13.7. The predicted molar refractivity (Wildman–Crippen MR) is 68.4 cm³/mol. The fourth-order valence-corrected chi connectivity index (χ4v) is 1.66. The summed E-state index contributed by atoms with van der Waals surface area (Å²) in [5.41, 5.74) is 5.52. The molecular formula is C12H21FN4. The quantitative estimate of drug-likeness (QED) is 0.830. The average molecular weight is 240 g/mol. The van der Waals surface area contributed by atoms with E-state index < -0.39 is 5.82 Å². The maximum absolute atomic E-state index is 13.7. The van der Waals surface area contributed by atoms with Crippen LogP contribution in [-0.4, -0.2) is 22.6 Å². The van der Waals surface area contributed by atoms with Gasteiger partial charge in [-0.1, -0.05) is 20.3 Å². The van der Waals surface area contributed by atoms with Crippen molar-refractivity contribution in [1.29, 1.82) is 0 Å². The number of rotatable bonds is 6. The van der Waals surface area contributed by atoms with Gasteiger partial charge in [-0.2, -0.15) is 4.98 Å². The smallest absolute Gasteiger partial charge is 0.222 e. The highest BCUT2D eigenvalue weighted by molar-refractivity contribution is 5.43. The zero-order valence-electron chi connectivity index (χ0n) is 10.8. The Morgan fingerprint density at radius 2 is 2.18 bits per heavy atom. The van der Waals surface area contributed by atoms with Gasteiger partial charge < -0.3 is 10.6 Å². The topological polar surface area (TPSA) is 55.0 Å². The summed E-state index contributed by atoms with van der Waals surface area (Å²) >= 11 is 0. The lowest BCUT2D eigenvalue weighted by atomic mass is 10.2. The fraction of sp³-hybridized carbons (Fsp3) is 0.667. The molecule has 0 aliphatic rings. The van der Waals surface area contributed by atoms with Crippen LogP contribution in [0.4, 0.5) is 16.2 Å². The minimum atomic E-state index is -0.407. The molecule has 5 heteroatoms. The van der Waals surface area contributed by atoms with Gasteiger partial charge in [-0.15, -0.1) is 0 Å². The van der Waals surface area contributed by atoms with Crippen molar-refractivity contribution in [2.75, 3.05) is 17.2 Å². The maximum Gasteiger partial charge on any atom is 0.222 e. The molecule has 0 saturated carbocycles. The van der Waals surface area contributed by atoms with E-state index in [0.29, 0.717) is 5.82 Å². The van der Waals surface area contributed by atoms with Crippen LogP contribution in [0.2, 0.25) is 0 Å². The maximum atomic E-state index is 13.7. The Bertz CT molecular complexity index is 356. The van der Waals surface area contributed by atoms with Gasteiger partial charge in [0.25, 0.3) is 0 Å². The molecule has 2 N–H and O–H groups in total. The van der Waals surface area contributed by atoms with E-state index in [2.05, 4.69) is 30.7 Å². The van der Waals surface area contributed by atoms with Gasteiger partial charge in [0.1, 0.15) is 0 Å².